The highest BCUT2D eigenvalue weighted by Gasteiger charge is 2.09. The monoisotopic (exact) mass is 412 g/mol. The average Bonchev–Trinajstić information content (AvgIpc) is 2.77. The van der Waals surface area contributed by atoms with E-state index < -0.39 is 0 Å². The van der Waals surface area contributed by atoms with Gasteiger partial charge in [-0.1, -0.05) is 13.3 Å². The van der Waals surface area contributed by atoms with Gasteiger partial charge in [0, 0.05) is 37.5 Å². The van der Waals surface area contributed by atoms with Crippen LogP contribution in [0.5, 0.6) is 5.75 Å². The zero-order chi connectivity index (χ0) is 21.6. The van der Waals surface area contributed by atoms with E-state index in [-0.39, 0.29) is 37.2 Å². The molecule has 0 bridgehead atoms. The predicted molar refractivity (Wildman–Crippen MR) is 113 cm³/mol. The van der Waals surface area contributed by atoms with Crippen LogP contribution in [0.1, 0.15) is 42.1 Å². The van der Waals surface area contributed by atoms with Gasteiger partial charge in [0.2, 0.25) is 11.8 Å². The number of benzene rings is 1. The molecule has 0 atom stereocenters. The molecule has 1 aromatic heterocycles. The molecule has 0 aliphatic carbocycles. The molecule has 8 heteroatoms. The van der Waals surface area contributed by atoms with E-state index in [9.17, 15) is 14.4 Å². The molecular weight excluding hydrogens is 384 g/mol. The quantitative estimate of drug-likeness (QED) is 0.461. The Labute approximate surface area is 176 Å². The molecule has 0 unspecified atom stereocenters. The van der Waals surface area contributed by atoms with Crippen molar-refractivity contribution in [1.82, 2.24) is 20.9 Å². The van der Waals surface area contributed by atoms with Crippen LogP contribution in [0, 0.1) is 0 Å². The Bertz CT molecular complexity index is 810. The molecule has 3 amide bonds. The highest BCUT2D eigenvalue weighted by Crippen LogP contribution is 2.12. The molecule has 0 fully saturated rings. The summed E-state index contributed by atoms with van der Waals surface area (Å²) in [6.07, 6.45) is 5.50. The Morgan fingerprint density at radius 1 is 0.933 bits per heavy atom. The summed E-state index contributed by atoms with van der Waals surface area (Å²) in [4.78, 5) is 39.7. The minimum absolute atomic E-state index is 0.157. The number of pyridine rings is 1. The lowest BCUT2D eigenvalue weighted by Crippen LogP contribution is -2.38. The first kappa shape index (κ1) is 22.9. The fraction of sp³-hybridized carbons (Fsp3) is 0.364. The second-order valence-corrected chi connectivity index (χ2v) is 6.64. The van der Waals surface area contributed by atoms with Crippen molar-refractivity contribution in [2.45, 2.75) is 32.7 Å². The van der Waals surface area contributed by atoms with Crippen LogP contribution in [0.3, 0.4) is 0 Å². The summed E-state index contributed by atoms with van der Waals surface area (Å²) in [5.41, 5.74) is 1.40. The Hall–Kier alpha value is -3.42. The Morgan fingerprint density at radius 2 is 1.67 bits per heavy atom. The summed E-state index contributed by atoms with van der Waals surface area (Å²) < 4.78 is 5.55. The standard InChI is InChI=1S/C22H28N4O4/c1-2-3-14-30-19-6-4-18(5-7-19)22(29)26-16-21(28)24-13-10-20(27)25-15-17-8-11-23-12-9-17/h4-9,11-12H,2-3,10,13-16H2,1H3,(H,24,28)(H,25,27)(H,26,29). The lowest BCUT2D eigenvalue weighted by molar-refractivity contribution is -0.122. The van der Waals surface area contributed by atoms with Gasteiger partial charge in [0.15, 0.2) is 0 Å². The summed E-state index contributed by atoms with van der Waals surface area (Å²) in [6, 6.07) is 10.4. The maximum atomic E-state index is 12.1. The molecule has 0 radical (unpaired) electrons. The molecule has 0 saturated heterocycles. The average molecular weight is 412 g/mol. The second-order valence-electron chi connectivity index (χ2n) is 6.64. The van der Waals surface area contributed by atoms with E-state index in [4.69, 9.17) is 4.74 Å². The number of nitrogens with one attached hydrogen (secondary N) is 3. The number of carbonyl (C=O) groups is 3. The van der Waals surface area contributed by atoms with Crippen molar-refractivity contribution in [3.63, 3.8) is 0 Å². The van der Waals surface area contributed by atoms with E-state index in [2.05, 4.69) is 27.9 Å². The van der Waals surface area contributed by atoms with Gasteiger partial charge in [-0.15, -0.1) is 0 Å². The van der Waals surface area contributed by atoms with Crippen molar-refractivity contribution >= 4 is 17.7 Å². The van der Waals surface area contributed by atoms with Gasteiger partial charge in [0.1, 0.15) is 5.75 Å². The normalized spacial score (nSPS) is 10.2. The van der Waals surface area contributed by atoms with Gasteiger partial charge in [-0.25, -0.2) is 0 Å². The number of ether oxygens (including phenoxy) is 1. The highest BCUT2D eigenvalue weighted by molar-refractivity contribution is 5.96. The number of rotatable bonds is 12. The van der Waals surface area contributed by atoms with Crippen LogP contribution in [-0.4, -0.2) is 42.4 Å². The van der Waals surface area contributed by atoms with Gasteiger partial charge in [-0.2, -0.15) is 0 Å². The van der Waals surface area contributed by atoms with E-state index >= 15 is 0 Å². The molecular formula is C22H28N4O4. The van der Waals surface area contributed by atoms with Gasteiger partial charge in [0.05, 0.1) is 13.2 Å². The van der Waals surface area contributed by atoms with Gasteiger partial charge < -0.3 is 20.7 Å². The summed E-state index contributed by atoms with van der Waals surface area (Å²) in [7, 11) is 0. The summed E-state index contributed by atoms with van der Waals surface area (Å²) >= 11 is 0. The number of nitrogens with zero attached hydrogens (tertiary/aromatic N) is 1. The van der Waals surface area contributed by atoms with Gasteiger partial charge >= 0.3 is 0 Å². The zero-order valence-corrected chi connectivity index (χ0v) is 17.1. The van der Waals surface area contributed by atoms with Crippen LogP contribution in [0.2, 0.25) is 0 Å². The maximum absolute atomic E-state index is 12.1. The summed E-state index contributed by atoms with van der Waals surface area (Å²) in [6.45, 7) is 3.18. The lowest BCUT2D eigenvalue weighted by atomic mass is 10.2. The SMILES string of the molecule is CCCCOc1ccc(C(=O)NCC(=O)NCCC(=O)NCc2ccncc2)cc1. The Kier molecular flexibility index (Phi) is 9.85. The van der Waals surface area contributed by atoms with Crippen molar-refractivity contribution in [2.24, 2.45) is 0 Å². The Balaban J connectivity index is 1.60. The molecule has 1 heterocycles. The second kappa shape index (κ2) is 12.9. The molecule has 2 aromatic rings. The van der Waals surface area contributed by atoms with Crippen LogP contribution in [0.4, 0.5) is 0 Å². The summed E-state index contributed by atoms with van der Waals surface area (Å²) in [5, 5.41) is 7.94. The topological polar surface area (TPSA) is 109 Å². The fourth-order valence-corrected chi connectivity index (χ4v) is 2.47. The van der Waals surface area contributed by atoms with Crippen LogP contribution >= 0.6 is 0 Å². The van der Waals surface area contributed by atoms with Gasteiger partial charge in [0.25, 0.3) is 5.91 Å². The molecule has 2 rings (SSSR count). The number of unbranched alkanes of at least 4 members (excludes halogenated alkanes) is 1. The number of amides is 3. The largest absolute Gasteiger partial charge is 0.494 e. The molecule has 0 aliphatic heterocycles. The Morgan fingerprint density at radius 3 is 2.37 bits per heavy atom. The highest BCUT2D eigenvalue weighted by atomic mass is 16.5. The molecule has 1 aromatic carbocycles. The van der Waals surface area contributed by atoms with E-state index in [1.165, 1.54) is 0 Å². The molecule has 0 aliphatic rings. The zero-order valence-electron chi connectivity index (χ0n) is 17.1. The number of hydrogen-bond donors (Lipinski definition) is 3. The minimum atomic E-state index is -0.357. The van der Waals surface area contributed by atoms with Crippen LogP contribution < -0.4 is 20.7 Å². The van der Waals surface area contributed by atoms with E-state index in [1.807, 2.05) is 12.1 Å². The van der Waals surface area contributed by atoms with Crippen molar-refractivity contribution in [2.75, 3.05) is 19.7 Å². The first-order valence-electron chi connectivity index (χ1n) is 10.0. The third kappa shape index (κ3) is 8.72. The molecule has 0 saturated carbocycles. The van der Waals surface area contributed by atoms with Gasteiger partial charge in [-0.05, 0) is 48.4 Å². The van der Waals surface area contributed by atoms with Crippen LogP contribution in [0.25, 0.3) is 0 Å². The first-order valence-corrected chi connectivity index (χ1v) is 10.0. The van der Waals surface area contributed by atoms with Crippen LogP contribution in [-0.2, 0) is 16.1 Å². The molecule has 30 heavy (non-hydrogen) atoms. The maximum Gasteiger partial charge on any atom is 0.251 e. The first-order chi connectivity index (χ1) is 14.6. The number of aromatic nitrogens is 1. The predicted octanol–water partition coefficient (Wildman–Crippen LogP) is 1.81. The minimum Gasteiger partial charge on any atom is -0.494 e. The van der Waals surface area contributed by atoms with Crippen molar-refractivity contribution in [3.05, 3.63) is 59.9 Å². The van der Waals surface area contributed by atoms with Gasteiger partial charge in [-0.3, -0.25) is 19.4 Å². The third-order valence-corrected chi connectivity index (χ3v) is 4.21. The van der Waals surface area contributed by atoms with E-state index in [0.29, 0.717) is 24.5 Å². The van der Waals surface area contributed by atoms with Crippen molar-refractivity contribution < 1.29 is 19.1 Å². The van der Waals surface area contributed by atoms with E-state index in [1.54, 1.807) is 36.7 Å². The lowest BCUT2D eigenvalue weighted by Gasteiger charge is -2.09. The van der Waals surface area contributed by atoms with Crippen LogP contribution in [0.15, 0.2) is 48.8 Å². The number of hydrogen-bond acceptors (Lipinski definition) is 5. The van der Waals surface area contributed by atoms with E-state index in [0.717, 1.165) is 18.4 Å². The third-order valence-electron chi connectivity index (χ3n) is 4.21. The molecule has 0 spiro atoms. The summed E-state index contributed by atoms with van der Waals surface area (Å²) in [5.74, 6) is -0.164. The van der Waals surface area contributed by atoms with Crippen molar-refractivity contribution in [3.8, 4) is 5.75 Å². The molecule has 160 valence electrons. The molecule has 8 nitrogen and oxygen atoms in total. The molecule has 3 N–H and O–H groups in total. The number of carbonyl (C=O) groups excluding carboxylic acids is 3. The smallest absolute Gasteiger partial charge is 0.251 e. The fourth-order valence-electron chi connectivity index (χ4n) is 2.47. The van der Waals surface area contributed by atoms with Crippen molar-refractivity contribution in [1.29, 1.82) is 0 Å².